The van der Waals surface area contributed by atoms with Crippen LogP contribution in [-0.4, -0.2) is 59.4 Å². The van der Waals surface area contributed by atoms with E-state index in [1.807, 2.05) is 18.2 Å². The molecule has 2 heterocycles. The number of aromatic nitrogens is 2. The van der Waals surface area contributed by atoms with Crippen LogP contribution in [0.1, 0.15) is 35.7 Å². The van der Waals surface area contributed by atoms with Gasteiger partial charge in [0.05, 0.1) is 26.5 Å². The number of aryl methyl sites for hydroxylation is 1. The Balaban J connectivity index is 1.63. The zero-order valence-electron chi connectivity index (χ0n) is 17.2. The van der Waals surface area contributed by atoms with Crippen molar-refractivity contribution < 1.29 is 19.1 Å². The summed E-state index contributed by atoms with van der Waals surface area (Å²) in [5.74, 6) is 0.536. The van der Waals surface area contributed by atoms with E-state index in [-0.39, 0.29) is 24.6 Å². The highest BCUT2D eigenvalue weighted by atomic mass is 16.5. The van der Waals surface area contributed by atoms with Crippen LogP contribution in [0, 0.1) is 0 Å². The number of carbonyl (C=O) groups excluding carboxylic acids is 2. The fourth-order valence-electron chi connectivity index (χ4n) is 3.71. The molecule has 1 aliphatic rings. The highest BCUT2D eigenvalue weighted by Gasteiger charge is 2.27. The number of carbonyl (C=O) groups is 2. The average molecular weight is 400 g/mol. The predicted molar refractivity (Wildman–Crippen MR) is 109 cm³/mol. The largest absolute Gasteiger partial charge is 0.497 e. The average Bonchev–Trinajstić information content (AvgIpc) is 3.29. The molecule has 1 amide bonds. The number of rotatable bonds is 8. The molecule has 29 heavy (non-hydrogen) atoms. The Morgan fingerprint density at radius 2 is 2.17 bits per heavy atom. The van der Waals surface area contributed by atoms with Crippen molar-refractivity contribution in [3.63, 3.8) is 0 Å². The van der Waals surface area contributed by atoms with E-state index in [2.05, 4.69) is 21.4 Å². The second kappa shape index (κ2) is 9.56. The number of hydrogen-bond acceptors (Lipinski definition) is 6. The summed E-state index contributed by atoms with van der Waals surface area (Å²) in [6.45, 7) is 3.14. The summed E-state index contributed by atoms with van der Waals surface area (Å²) in [7, 11) is 3.34. The molecule has 0 spiro atoms. The Labute approximate surface area is 170 Å². The van der Waals surface area contributed by atoms with E-state index in [0.29, 0.717) is 11.9 Å². The molecule has 1 aliphatic heterocycles. The molecule has 1 fully saturated rings. The molecule has 8 nitrogen and oxygen atoms in total. The van der Waals surface area contributed by atoms with Gasteiger partial charge in [0.1, 0.15) is 17.1 Å². The van der Waals surface area contributed by atoms with Gasteiger partial charge in [0, 0.05) is 13.1 Å². The Hall–Kier alpha value is -2.87. The standard InChI is InChI=1S/C21H28N4O4/c1-4-29-21(27)18-13-22-24(2)20(18)23-19(26)14-25-10-6-8-16(25)11-15-7-5-9-17(12-15)28-3/h5,7,9,12-13,16H,4,6,8,10-11,14H2,1-3H3,(H,23,26). The van der Waals surface area contributed by atoms with Crippen LogP contribution in [0.2, 0.25) is 0 Å². The Bertz CT molecular complexity index is 864. The molecule has 2 aromatic rings. The lowest BCUT2D eigenvalue weighted by atomic mass is 10.0. The van der Waals surface area contributed by atoms with Crippen LogP contribution in [0.5, 0.6) is 5.75 Å². The molecule has 1 unspecified atom stereocenters. The summed E-state index contributed by atoms with van der Waals surface area (Å²) in [6, 6.07) is 8.33. The second-order valence-corrected chi connectivity index (χ2v) is 7.12. The smallest absolute Gasteiger partial charge is 0.343 e. The van der Waals surface area contributed by atoms with Crippen molar-refractivity contribution >= 4 is 17.7 Å². The van der Waals surface area contributed by atoms with E-state index >= 15 is 0 Å². The first-order valence-electron chi connectivity index (χ1n) is 9.87. The Morgan fingerprint density at radius 3 is 2.93 bits per heavy atom. The maximum atomic E-state index is 12.7. The van der Waals surface area contributed by atoms with Crippen molar-refractivity contribution in [1.29, 1.82) is 0 Å². The van der Waals surface area contributed by atoms with Crippen LogP contribution in [0.4, 0.5) is 5.82 Å². The van der Waals surface area contributed by atoms with Crippen molar-refractivity contribution in [3.8, 4) is 5.75 Å². The van der Waals surface area contributed by atoms with E-state index < -0.39 is 5.97 Å². The SMILES string of the molecule is CCOC(=O)c1cnn(C)c1NC(=O)CN1CCCC1Cc1cccc(OC)c1. The number of anilines is 1. The number of amides is 1. The Kier molecular flexibility index (Phi) is 6.87. The first-order valence-corrected chi connectivity index (χ1v) is 9.87. The Morgan fingerprint density at radius 1 is 1.34 bits per heavy atom. The van der Waals surface area contributed by atoms with Crippen molar-refractivity contribution in [1.82, 2.24) is 14.7 Å². The number of ether oxygens (including phenoxy) is 2. The molecule has 3 rings (SSSR count). The molecule has 0 bridgehead atoms. The van der Waals surface area contributed by atoms with Gasteiger partial charge in [0.25, 0.3) is 0 Å². The molecular formula is C21H28N4O4. The van der Waals surface area contributed by atoms with Crippen LogP contribution < -0.4 is 10.1 Å². The third kappa shape index (κ3) is 5.14. The van der Waals surface area contributed by atoms with E-state index in [0.717, 1.165) is 31.6 Å². The van der Waals surface area contributed by atoms with Gasteiger partial charge in [-0.3, -0.25) is 14.4 Å². The van der Waals surface area contributed by atoms with Crippen molar-refractivity contribution in [3.05, 3.63) is 41.6 Å². The fourth-order valence-corrected chi connectivity index (χ4v) is 3.71. The monoisotopic (exact) mass is 400 g/mol. The number of nitrogens with one attached hydrogen (secondary N) is 1. The number of hydrogen-bond donors (Lipinski definition) is 1. The van der Waals surface area contributed by atoms with Gasteiger partial charge in [0.15, 0.2) is 0 Å². The van der Waals surface area contributed by atoms with Crippen LogP contribution in [0.3, 0.4) is 0 Å². The number of likely N-dealkylation sites (tertiary alicyclic amines) is 1. The van der Waals surface area contributed by atoms with Crippen LogP contribution in [-0.2, 0) is 23.0 Å². The maximum absolute atomic E-state index is 12.7. The van der Waals surface area contributed by atoms with E-state index in [9.17, 15) is 9.59 Å². The highest BCUT2D eigenvalue weighted by molar-refractivity contribution is 6.00. The maximum Gasteiger partial charge on any atom is 0.343 e. The predicted octanol–water partition coefficient (Wildman–Crippen LogP) is 2.25. The molecule has 1 saturated heterocycles. The van der Waals surface area contributed by atoms with Crippen LogP contribution in [0.25, 0.3) is 0 Å². The lowest BCUT2D eigenvalue weighted by Crippen LogP contribution is -2.38. The van der Waals surface area contributed by atoms with Gasteiger partial charge in [0.2, 0.25) is 5.91 Å². The molecule has 156 valence electrons. The zero-order chi connectivity index (χ0) is 20.8. The second-order valence-electron chi connectivity index (χ2n) is 7.12. The number of nitrogens with zero attached hydrogens (tertiary/aromatic N) is 3. The van der Waals surface area contributed by atoms with Gasteiger partial charge in [-0.05, 0) is 50.4 Å². The summed E-state index contributed by atoms with van der Waals surface area (Å²) in [4.78, 5) is 26.9. The molecule has 1 atom stereocenters. The van der Waals surface area contributed by atoms with Crippen molar-refractivity contribution in [2.24, 2.45) is 7.05 Å². The molecule has 1 aromatic carbocycles. The van der Waals surface area contributed by atoms with Crippen molar-refractivity contribution in [2.45, 2.75) is 32.2 Å². The highest BCUT2D eigenvalue weighted by Crippen LogP contribution is 2.23. The number of benzene rings is 1. The quantitative estimate of drug-likeness (QED) is 0.684. The first-order chi connectivity index (χ1) is 14.0. The van der Waals surface area contributed by atoms with E-state index in [1.165, 1.54) is 16.4 Å². The molecular weight excluding hydrogens is 372 g/mol. The van der Waals surface area contributed by atoms with Gasteiger partial charge in [-0.25, -0.2) is 4.79 Å². The minimum absolute atomic E-state index is 0.170. The molecule has 1 aromatic heterocycles. The molecule has 0 saturated carbocycles. The summed E-state index contributed by atoms with van der Waals surface area (Å²) in [6.07, 6.45) is 4.38. The van der Waals surface area contributed by atoms with Gasteiger partial charge in [-0.15, -0.1) is 0 Å². The summed E-state index contributed by atoms with van der Waals surface area (Å²) in [5, 5.41) is 6.89. The third-order valence-electron chi connectivity index (χ3n) is 5.14. The lowest BCUT2D eigenvalue weighted by Gasteiger charge is -2.24. The van der Waals surface area contributed by atoms with Gasteiger partial charge < -0.3 is 14.8 Å². The summed E-state index contributed by atoms with van der Waals surface area (Å²) >= 11 is 0. The molecule has 1 N–H and O–H groups in total. The van der Waals surface area contributed by atoms with Gasteiger partial charge in [-0.1, -0.05) is 12.1 Å². The number of esters is 1. The topological polar surface area (TPSA) is 85.7 Å². The fraction of sp³-hybridized carbons (Fsp3) is 0.476. The minimum atomic E-state index is -0.493. The van der Waals surface area contributed by atoms with Gasteiger partial charge >= 0.3 is 5.97 Å². The van der Waals surface area contributed by atoms with Crippen LogP contribution >= 0.6 is 0 Å². The lowest BCUT2D eigenvalue weighted by molar-refractivity contribution is -0.117. The minimum Gasteiger partial charge on any atom is -0.497 e. The first kappa shape index (κ1) is 20.9. The normalized spacial score (nSPS) is 16.6. The van der Waals surface area contributed by atoms with Crippen molar-refractivity contribution in [2.75, 3.05) is 32.1 Å². The zero-order valence-corrected chi connectivity index (χ0v) is 17.2. The summed E-state index contributed by atoms with van der Waals surface area (Å²) in [5.41, 5.74) is 1.45. The van der Waals surface area contributed by atoms with E-state index in [4.69, 9.17) is 9.47 Å². The number of methoxy groups -OCH3 is 1. The molecule has 0 aliphatic carbocycles. The van der Waals surface area contributed by atoms with Crippen LogP contribution in [0.15, 0.2) is 30.5 Å². The van der Waals surface area contributed by atoms with E-state index in [1.54, 1.807) is 21.1 Å². The third-order valence-corrected chi connectivity index (χ3v) is 5.14. The molecule has 8 heteroatoms. The summed E-state index contributed by atoms with van der Waals surface area (Å²) < 4.78 is 11.8. The van der Waals surface area contributed by atoms with Gasteiger partial charge in [-0.2, -0.15) is 5.10 Å². The molecule has 0 radical (unpaired) electrons.